The van der Waals surface area contributed by atoms with Crippen LogP contribution in [0.4, 0.5) is 0 Å². The van der Waals surface area contributed by atoms with Gasteiger partial charge >= 0.3 is 5.97 Å². The van der Waals surface area contributed by atoms with Gasteiger partial charge in [0.1, 0.15) is 0 Å². The summed E-state index contributed by atoms with van der Waals surface area (Å²) in [6.07, 6.45) is 1.72. The van der Waals surface area contributed by atoms with Crippen LogP contribution in [0, 0.1) is 0 Å². The van der Waals surface area contributed by atoms with Crippen molar-refractivity contribution in [1.29, 1.82) is 0 Å². The van der Waals surface area contributed by atoms with Crippen LogP contribution >= 0.6 is 0 Å². The molecule has 6 nitrogen and oxygen atoms in total. The van der Waals surface area contributed by atoms with Crippen molar-refractivity contribution in [1.82, 2.24) is 9.78 Å². The molecule has 0 amide bonds. The Kier molecular flexibility index (Phi) is 5.31. The first-order chi connectivity index (χ1) is 12.7. The predicted octanol–water partition coefficient (Wildman–Crippen LogP) is 3.42. The number of ether oxygens (including phenoxy) is 2. The van der Waals surface area contributed by atoms with Crippen LogP contribution in [0.5, 0.6) is 11.5 Å². The quantitative estimate of drug-likeness (QED) is 0.502. The third-order valence-corrected chi connectivity index (χ3v) is 4.06. The fourth-order valence-corrected chi connectivity index (χ4v) is 2.70. The summed E-state index contributed by atoms with van der Waals surface area (Å²) in [4.78, 5) is 25.4. The summed E-state index contributed by atoms with van der Waals surface area (Å²) in [5.41, 5.74) is -0.0925. The number of para-hydroxylation sites is 2. The summed E-state index contributed by atoms with van der Waals surface area (Å²) in [6.45, 7) is 2.48. The monoisotopic (exact) mass is 352 g/mol. The largest absolute Gasteiger partial charge is 0.493 e. The van der Waals surface area contributed by atoms with Crippen molar-refractivity contribution in [2.45, 2.75) is 26.3 Å². The molecule has 0 fully saturated rings. The molecule has 3 rings (SSSR count). The molecular formula is C20H20N2O4. The second kappa shape index (κ2) is 7.82. The lowest BCUT2D eigenvalue weighted by atomic mass is 10.1. The number of unbranched alkanes of at least 4 members (excludes halogenated alkanes) is 1. The highest BCUT2D eigenvalue weighted by molar-refractivity contribution is 6.03. The van der Waals surface area contributed by atoms with E-state index in [9.17, 15) is 9.59 Å². The van der Waals surface area contributed by atoms with Gasteiger partial charge in [-0.1, -0.05) is 43.7 Å². The van der Waals surface area contributed by atoms with E-state index >= 15 is 0 Å². The average molecular weight is 352 g/mol. The van der Waals surface area contributed by atoms with E-state index in [4.69, 9.17) is 9.47 Å². The normalized spacial score (nSPS) is 10.7. The minimum Gasteiger partial charge on any atom is -0.493 e. The van der Waals surface area contributed by atoms with Crippen LogP contribution in [0.1, 0.15) is 30.3 Å². The molecule has 2 aromatic carbocycles. The van der Waals surface area contributed by atoms with E-state index in [1.54, 1.807) is 48.5 Å². The summed E-state index contributed by atoms with van der Waals surface area (Å²) < 4.78 is 12.0. The summed E-state index contributed by atoms with van der Waals surface area (Å²) in [5.74, 6) is 0.123. The van der Waals surface area contributed by atoms with Crippen molar-refractivity contribution in [2.75, 3.05) is 7.11 Å². The van der Waals surface area contributed by atoms with Gasteiger partial charge in [0.25, 0.3) is 5.56 Å². The number of carbonyl (C=O) groups excluding carboxylic acids is 1. The Hall–Kier alpha value is -3.15. The smallest absolute Gasteiger partial charge is 0.364 e. The highest BCUT2D eigenvalue weighted by Crippen LogP contribution is 2.27. The number of methoxy groups -OCH3 is 1. The molecular weight excluding hydrogens is 332 g/mol. The van der Waals surface area contributed by atoms with Gasteiger partial charge in [0, 0.05) is 11.9 Å². The number of esters is 1. The Bertz CT molecular complexity index is 995. The summed E-state index contributed by atoms with van der Waals surface area (Å²) in [6, 6.07) is 13.8. The van der Waals surface area contributed by atoms with E-state index in [0.29, 0.717) is 28.8 Å². The zero-order valence-electron chi connectivity index (χ0n) is 14.8. The Morgan fingerprint density at radius 3 is 2.38 bits per heavy atom. The Morgan fingerprint density at radius 1 is 1.04 bits per heavy atom. The summed E-state index contributed by atoms with van der Waals surface area (Å²) >= 11 is 0. The fraction of sp³-hybridized carbons (Fsp3) is 0.250. The van der Waals surface area contributed by atoms with Gasteiger partial charge in [0.05, 0.1) is 12.5 Å². The van der Waals surface area contributed by atoms with Crippen molar-refractivity contribution < 1.29 is 14.3 Å². The molecule has 1 heterocycles. The molecule has 0 radical (unpaired) electrons. The van der Waals surface area contributed by atoms with Gasteiger partial charge in [-0.2, -0.15) is 5.10 Å². The number of aromatic nitrogens is 2. The summed E-state index contributed by atoms with van der Waals surface area (Å²) in [5, 5.41) is 5.20. The zero-order chi connectivity index (χ0) is 18.5. The van der Waals surface area contributed by atoms with E-state index in [1.165, 1.54) is 11.8 Å². The second-order valence-corrected chi connectivity index (χ2v) is 5.82. The number of nitrogens with zero attached hydrogens (tertiary/aromatic N) is 2. The molecule has 0 saturated carbocycles. The number of hydrogen-bond donors (Lipinski definition) is 0. The molecule has 0 atom stereocenters. The molecule has 0 spiro atoms. The third-order valence-electron chi connectivity index (χ3n) is 4.06. The molecule has 0 bridgehead atoms. The minimum atomic E-state index is -0.629. The number of carbonyl (C=O) groups is 1. The zero-order valence-corrected chi connectivity index (χ0v) is 14.8. The SMILES string of the molecule is CCCCn1nc(C(=O)Oc2ccccc2OC)c2ccccc2c1=O. The van der Waals surface area contributed by atoms with E-state index in [-0.39, 0.29) is 11.3 Å². The first-order valence-corrected chi connectivity index (χ1v) is 8.50. The van der Waals surface area contributed by atoms with E-state index in [1.807, 2.05) is 6.92 Å². The molecule has 0 aliphatic heterocycles. The highest BCUT2D eigenvalue weighted by atomic mass is 16.6. The van der Waals surface area contributed by atoms with Crippen molar-refractivity contribution >= 4 is 16.7 Å². The van der Waals surface area contributed by atoms with Crippen molar-refractivity contribution in [3.8, 4) is 11.5 Å². The molecule has 3 aromatic rings. The van der Waals surface area contributed by atoms with E-state index < -0.39 is 5.97 Å². The maximum Gasteiger partial charge on any atom is 0.364 e. The Balaban J connectivity index is 2.06. The molecule has 0 saturated heterocycles. The molecule has 0 aliphatic rings. The van der Waals surface area contributed by atoms with Gasteiger partial charge < -0.3 is 9.47 Å². The maximum absolute atomic E-state index is 12.8. The van der Waals surface area contributed by atoms with Gasteiger partial charge in [-0.25, -0.2) is 9.48 Å². The molecule has 0 unspecified atom stereocenters. The molecule has 134 valence electrons. The van der Waals surface area contributed by atoms with E-state index in [0.717, 1.165) is 12.8 Å². The number of benzene rings is 2. The van der Waals surface area contributed by atoms with Crippen LogP contribution in [-0.4, -0.2) is 22.9 Å². The first-order valence-electron chi connectivity index (χ1n) is 8.50. The van der Waals surface area contributed by atoms with Gasteiger partial charge in [-0.3, -0.25) is 4.79 Å². The number of fused-ring (bicyclic) bond motifs is 1. The molecule has 26 heavy (non-hydrogen) atoms. The van der Waals surface area contributed by atoms with Gasteiger partial charge in [-0.05, 0) is 24.6 Å². The lowest BCUT2D eigenvalue weighted by Gasteiger charge is -2.12. The maximum atomic E-state index is 12.8. The Morgan fingerprint density at radius 2 is 1.69 bits per heavy atom. The third kappa shape index (κ3) is 3.44. The average Bonchev–Trinajstić information content (AvgIpc) is 2.68. The molecule has 6 heteroatoms. The molecule has 0 aliphatic carbocycles. The molecule has 0 N–H and O–H groups in total. The first kappa shape index (κ1) is 17.7. The molecule has 1 aromatic heterocycles. The number of aryl methyl sites for hydroxylation is 1. The Labute approximate surface area is 151 Å². The van der Waals surface area contributed by atoms with Crippen molar-refractivity contribution in [2.24, 2.45) is 0 Å². The van der Waals surface area contributed by atoms with Gasteiger partial charge in [0.2, 0.25) is 0 Å². The van der Waals surface area contributed by atoms with Crippen LogP contribution < -0.4 is 15.0 Å². The number of hydrogen-bond acceptors (Lipinski definition) is 5. The van der Waals surface area contributed by atoms with Gasteiger partial charge in [0.15, 0.2) is 17.2 Å². The number of rotatable bonds is 6. The van der Waals surface area contributed by atoms with Gasteiger partial charge in [-0.15, -0.1) is 0 Å². The minimum absolute atomic E-state index is 0.113. The van der Waals surface area contributed by atoms with Crippen LogP contribution in [0.2, 0.25) is 0 Å². The predicted molar refractivity (Wildman–Crippen MR) is 98.9 cm³/mol. The lowest BCUT2D eigenvalue weighted by Crippen LogP contribution is -2.27. The van der Waals surface area contributed by atoms with Crippen LogP contribution in [0.15, 0.2) is 53.3 Å². The standard InChI is InChI=1S/C20H20N2O4/c1-3-4-13-22-19(23)15-10-6-5-9-14(15)18(21-22)20(24)26-17-12-8-7-11-16(17)25-2/h5-12H,3-4,13H2,1-2H3. The van der Waals surface area contributed by atoms with Crippen LogP contribution in [0.3, 0.4) is 0 Å². The fourth-order valence-electron chi connectivity index (χ4n) is 2.70. The van der Waals surface area contributed by atoms with Crippen LogP contribution in [0.25, 0.3) is 10.8 Å². The second-order valence-electron chi connectivity index (χ2n) is 5.82. The topological polar surface area (TPSA) is 70.4 Å². The van der Waals surface area contributed by atoms with E-state index in [2.05, 4.69) is 5.10 Å². The summed E-state index contributed by atoms with van der Waals surface area (Å²) in [7, 11) is 1.51. The lowest BCUT2D eigenvalue weighted by molar-refractivity contribution is 0.0723. The van der Waals surface area contributed by atoms with Crippen molar-refractivity contribution in [3.05, 3.63) is 64.6 Å². The van der Waals surface area contributed by atoms with Crippen LogP contribution in [-0.2, 0) is 6.54 Å². The highest BCUT2D eigenvalue weighted by Gasteiger charge is 2.19. The van der Waals surface area contributed by atoms with Crippen molar-refractivity contribution in [3.63, 3.8) is 0 Å².